The minimum Gasteiger partial charge on any atom is -0.507 e. The van der Waals surface area contributed by atoms with E-state index in [1.165, 1.54) is 6.07 Å². The number of carbonyl (C=O) groups is 2. The Labute approximate surface area is 237 Å². The molecule has 0 aromatic heterocycles. The Kier molecular flexibility index (Phi) is 7.78. The third-order valence-corrected chi connectivity index (χ3v) is 7.44. The maximum Gasteiger partial charge on any atom is 0.325 e. The van der Waals surface area contributed by atoms with E-state index in [4.69, 9.17) is 4.74 Å². The number of nitrogens with one attached hydrogen (secondary N) is 1. The lowest BCUT2D eigenvalue weighted by Crippen LogP contribution is -2.23. The fourth-order valence-corrected chi connectivity index (χ4v) is 5.74. The first kappa shape index (κ1) is 29.5. The molecule has 0 fully saturated rings. The van der Waals surface area contributed by atoms with Crippen molar-refractivity contribution < 1.29 is 39.9 Å². The summed E-state index contributed by atoms with van der Waals surface area (Å²) >= 11 is 0. The van der Waals surface area contributed by atoms with Crippen LogP contribution >= 0.6 is 0 Å². The van der Waals surface area contributed by atoms with E-state index in [9.17, 15) is 35.1 Å². The number of ether oxygens (including phenoxy) is 1. The lowest BCUT2D eigenvalue weighted by Gasteiger charge is -2.23. The maximum absolute atomic E-state index is 12.3. The molecule has 0 bridgehead atoms. The topological polar surface area (TPSA) is 157 Å². The monoisotopic (exact) mass is 561 g/mol. The highest BCUT2D eigenvalue weighted by Gasteiger charge is 2.29. The quantitative estimate of drug-likeness (QED) is 0.0690. The molecule has 6 N–H and O–H groups in total. The average Bonchev–Trinajstić information content (AvgIpc) is 2.88. The summed E-state index contributed by atoms with van der Waals surface area (Å²) in [7, 11) is 1.60. The van der Waals surface area contributed by atoms with Crippen LogP contribution in [0.5, 0.6) is 34.5 Å². The van der Waals surface area contributed by atoms with Crippen LogP contribution in [0.4, 0.5) is 0 Å². The number of benzene rings is 4. The fraction of sp³-hybridized carbons (Fsp3) is 0.312. The van der Waals surface area contributed by atoms with Gasteiger partial charge < -0.3 is 35.6 Å². The second kappa shape index (κ2) is 10.8. The number of aromatic hydroxyl groups is 5. The summed E-state index contributed by atoms with van der Waals surface area (Å²) in [6.45, 7) is 10.8. The summed E-state index contributed by atoms with van der Waals surface area (Å²) in [5.74, 6) is -3.00. The number of aldehydes is 1. The first-order valence-electron chi connectivity index (χ1n) is 13.3. The number of likely N-dealkylation sites (N-methyl/N-ethyl adjacent to an activating group) is 1. The van der Waals surface area contributed by atoms with Gasteiger partial charge in [0.2, 0.25) is 0 Å². The molecular formula is C32H35NO8. The van der Waals surface area contributed by atoms with Crippen molar-refractivity contribution in [2.24, 2.45) is 0 Å². The minimum absolute atomic E-state index is 0.0103. The van der Waals surface area contributed by atoms with Gasteiger partial charge in [-0.3, -0.25) is 9.59 Å². The number of fused-ring (bicyclic) bond motifs is 2. The zero-order chi connectivity index (χ0) is 30.5. The van der Waals surface area contributed by atoms with Gasteiger partial charge in [-0.2, -0.15) is 0 Å². The standard InChI is InChI=1S/C32H35NO8/c1-13(2)23-19-9-16(6)26(30(39)27(19)20(12-34)29(38)31(23)40)25-15(5)8-17-18(28(25)37)10-21(35)32(24(17)14(3)4)41-22(36)11-33-7/h8-10,12-14,33,35,37-40H,11H2,1-7H3. The highest BCUT2D eigenvalue weighted by Crippen LogP contribution is 2.53. The van der Waals surface area contributed by atoms with Crippen molar-refractivity contribution in [2.75, 3.05) is 13.6 Å². The second-order valence-electron chi connectivity index (χ2n) is 10.9. The molecule has 216 valence electrons. The van der Waals surface area contributed by atoms with E-state index in [1.54, 1.807) is 33.0 Å². The maximum atomic E-state index is 12.3. The molecule has 0 aliphatic heterocycles. The molecule has 41 heavy (non-hydrogen) atoms. The normalized spacial score (nSPS) is 11.6. The van der Waals surface area contributed by atoms with Crippen LogP contribution < -0.4 is 10.1 Å². The summed E-state index contributed by atoms with van der Waals surface area (Å²) in [5, 5.41) is 59.6. The molecule has 0 atom stereocenters. The number of hydrogen-bond donors (Lipinski definition) is 6. The number of phenolic OH excluding ortho intramolecular Hbond substituents is 5. The van der Waals surface area contributed by atoms with Gasteiger partial charge in [0.1, 0.15) is 11.5 Å². The summed E-state index contributed by atoms with van der Waals surface area (Å²) in [5.41, 5.74) is 2.23. The van der Waals surface area contributed by atoms with Crippen molar-refractivity contribution in [1.29, 1.82) is 0 Å². The molecule has 9 nitrogen and oxygen atoms in total. The molecule has 4 aromatic rings. The number of carbonyl (C=O) groups excluding carboxylic acids is 2. The smallest absolute Gasteiger partial charge is 0.325 e. The Balaban J connectivity index is 2.13. The number of aryl methyl sites for hydroxylation is 2. The van der Waals surface area contributed by atoms with Crippen LogP contribution in [0.3, 0.4) is 0 Å². The van der Waals surface area contributed by atoms with E-state index in [2.05, 4.69) is 5.32 Å². The molecular weight excluding hydrogens is 526 g/mol. The number of phenols is 5. The summed E-state index contributed by atoms with van der Waals surface area (Å²) in [4.78, 5) is 24.3. The van der Waals surface area contributed by atoms with Gasteiger partial charge in [-0.15, -0.1) is 0 Å². The number of rotatable bonds is 7. The largest absolute Gasteiger partial charge is 0.507 e. The van der Waals surface area contributed by atoms with Crippen LogP contribution in [0.2, 0.25) is 0 Å². The molecule has 0 heterocycles. The van der Waals surface area contributed by atoms with Gasteiger partial charge in [0, 0.05) is 33.0 Å². The van der Waals surface area contributed by atoms with E-state index in [-0.39, 0.29) is 68.8 Å². The van der Waals surface area contributed by atoms with Crippen LogP contribution in [0.25, 0.3) is 32.7 Å². The molecule has 0 spiro atoms. The van der Waals surface area contributed by atoms with Gasteiger partial charge in [0.05, 0.1) is 12.1 Å². The minimum atomic E-state index is -0.632. The fourth-order valence-electron chi connectivity index (χ4n) is 5.74. The van der Waals surface area contributed by atoms with Crippen molar-refractivity contribution >= 4 is 33.8 Å². The molecule has 0 saturated carbocycles. The lowest BCUT2D eigenvalue weighted by molar-refractivity contribution is -0.133. The Morgan fingerprint density at radius 3 is 1.90 bits per heavy atom. The van der Waals surface area contributed by atoms with Crippen molar-refractivity contribution in [3.8, 4) is 45.6 Å². The van der Waals surface area contributed by atoms with Crippen LogP contribution in [0.1, 0.15) is 72.1 Å². The predicted molar refractivity (Wildman–Crippen MR) is 158 cm³/mol. The van der Waals surface area contributed by atoms with Gasteiger partial charge in [-0.05, 0) is 60.7 Å². The zero-order valence-electron chi connectivity index (χ0n) is 24.1. The highest BCUT2D eigenvalue weighted by molar-refractivity contribution is 6.12. The van der Waals surface area contributed by atoms with Crippen LogP contribution in [-0.4, -0.2) is 51.4 Å². The molecule has 0 aliphatic carbocycles. The van der Waals surface area contributed by atoms with Crippen molar-refractivity contribution in [2.45, 2.75) is 53.4 Å². The van der Waals surface area contributed by atoms with Crippen molar-refractivity contribution in [3.05, 3.63) is 46.0 Å². The Hall–Kier alpha value is -4.50. The van der Waals surface area contributed by atoms with Crippen molar-refractivity contribution in [1.82, 2.24) is 5.32 Å². The first-order chi connectivity index (χ1) is 19.3. The highest BCUT2D eigenvalue weighted by atomic mass is 16.5. The van der Waals surface area contributed by atoms with Crippen LogP contribution in [-0.2, 0) is 4.79 Å². The number of hydrogen-bond acceptors (Lipinski definition) is 9. The van der Waals surface area contributed by atoms with Gasteiger partial charge in [-0.1, -0.05) is 39.8 Å². The molecule has 4 aromatic carbocycles. The average molecular weight is 562 g/mol. The predicted octanol–water partition coefficient (Wildman–Crippen LogP) is 5.99. The van der Waals surface area contributed by atoms with Crippen molar-refractivity contribution in [3.63, 3.8) is 0 Å². The van der Waals surface area contributed by atoms with Gasteiger partial charge >= 0.3 is 5.97 Å². The Bertz CT molecular complexity index is 1740. The van der Waals surface area contributed by atoms with Gasteiger partial charge in [0.25, 0.3) is 0 Å². The Morgan fingerprint density at radius 1 is 0.805 bits per heavy atom. The SMILES string of the molecule is CNCC(=O)Oc1c(O)cc2c(O)c(-c3c(C)cc4c(C(C)C)c(O)c(O)c(C=O)c4c3O)c(C)cc2c1C(C)C. The molecule has 0 unspecified atom stereocenters. The molecule has 9 heteroatoms. The first-order valence-corrected chi connectivity index (χ1v) is 13.3. The molecule has 0 aliphatic rings. The third kappa shape index (κ3) is 4.66. The van der Waals surface area contributed by atoms with E-state index in [0.29, 0.717) is 39.3 Å². The molecule has 0 amide bonds. The molecule has 0 saturated heterocycles. The summed E-state index contributed by atoms with van der Waals surface area (Å²) in [6, 6.07) is 4.80. The van der Waals surface area contributed by atoms with Gasteiger partial charge in [-0.25, -0.2) is 0 Å². The van der Waals surface area contributed by atoms with Crippen LogP contribution in [0, 0.1) is 13.8 Å². The lowest BCUT2D eigenvalue weighted by atomic mass is 9.84. The summed E-state index contributed by atoms with van der Waals surface area (Å²) < 4.78 is 5.49. The zero-order valence-corrected chi connectivity index (χ0v) is 24.1. The second-order valence-corrected chi connectivity index (χ2v) is 10.9. The summed E-state index contributed by atoms with van der Waals surface area (Å²) in [6.07, 6.45) is 0.372. The Morgan fingerprint density at radius 2 is 1.37 bits per heavy atom. The van der Waals surface area contributed by atoms with E-state index < -0.39 is 17.5 Å². The number of esters is 1. The van der Waals surface area contributed by atoms with E-state index in [0.717, 1.165) is 0 Å². The van der Waals surface area contributed by atoms with Gasteiger partial charge in [0.15, 0.2) is 29.3 Å². The third-order valence-electron chi connectivity index (χ3n) is 7.44. The van der Waals surface area contributed by atoms with E-state index >= 15 is 0 Å². The van der Waals surface area contributed by atoms with E-state index in [1.807, 2.05) is 27.7 Å². The van der Waals surface area contributed by atoms with Crippen LogP contribution in [0.15, 0.2) is 18.2 Å². The molecule has 4 rings (SSSR count). The molecule has 0 radical (unpaired) electrons.